The summed E-state index contributed by atoms with van der Waals surface area (Å²) in [5.41, 5.74) is 2.31. The summed E-state index contributed by atoms with van der Waals surface area (Å²) in [4.78, 5) is 19.3. The molecule has 1 aromatic carbocycles. The molecule has 0 bridgehead atoms. The molecule has 0 saturated heterocycles. The minimum atomic E-state index is -1.53. The van der Waals surface area contributed by atoms with Gasteiger partial charge in [0.05, 0.1) is 23.7 Å². The number of alkyl halides is 1. The normalized spacial score (nSPS) is 18.3. The second kappa shape index (κ2) is 7.63. The molecule has 0 fully saturated rings. The molecule has 158 valence electrons. The second-order valence-electron chi connectivity index (χ2n) is 8.06. The molecular weight excluding hydrogens is 407 g/mol. The highest BCUT2D eigenvalue weighted by Crippen LogP contribution is 2.36. The maximum atomic E-state index is 13.4. The van der Waals surface area contributed by atoms with Gasteiger partial charge in [0, 0.05) is 25.2 Å². The van der Waals surface area contributed by atoms with Crippen LogP contribution in [0, 0.1) is 0 Å². The molecule has 4 rings (SSSR count). The number of aliphatic hydroxyl groups is 1. The monoisotopic (exact) mass is 430 g/mol. The van der Waals surface area contributed by atoms with Gasteiger partial charge in [0.2, 0.25) is 5.91 Å². The molecule has 0 spiro atoms. The summed E-state index contributed by atoms with van der Waals surface area (Å²) in [6, 6.07) is 5.32. The van der Waals surface area contributed by atoms with Gasteiger partial charge in [0.25, 0.3) is 0 Å². The van der Waals surface area contributed by atoms with Gasteiger partial charge in [0.15, 0.2) is 5.65 Å². The van der Waals surface area contributed by atoms with Crippen LogP contribution in [0.25, 0.3) is 11.0 Å². The molecule has 1 amide bonds. The van der Waals surface area contributed by atoms with Gasteiger partial charge in [-0.15, -0.1) is 0 Å². The number of amides is 1. The van der Waals surface area contributed by atoms with Crippen molar-refractivity contribution in [2.75, 3.05) is 13.2 Å². The molecule has 0 unspecified atom stereocenters. The molecule has 3 aromatic rings. The Kier molecular flexibility index (Phi) is 5.28. The topological polar surface area (TPSA) is 71.2 Å². The van der Waals surface area contributed by atoms with E-state index in [1.54, 1.807) is 30.2 Å². The molecule has 0 aliphatic carbocycles. The Morgan fingerprint density at radius 2 is 2.17 bits per heavy atom. The third-order valence-corrected chi connectivity index (χ3v) is 6.37. The van der Waals surface area contributed by atoms with Crippen molar-refractivity contribution in [1.29, 1.82) is 0 Å². The average molecular weight is 431 g/mol. The quantitative estimate of drug-likeness (QED) is 0.687. The molecule has 2 atom stereocenters. The van der Waals surface area contributed by atoms with E-state index in [0.717, 1.165) is 16.5 Å². The molecule has 1 aliphatic heterocycles. The van der Waals surface area contributed by atoms with Gasteiger partial charge in [-0.2, -0.15) is 5.10 Å². The summed E-state index contributed by atoms with van der Waals surface area (Å²) < 4.78 is 15.0. The first-order chi connectivity index (χ1) is 14.2. The van der Waals surface area contributed by atoms with Crippen LogP contribution in [0.3, 0.4) is 0 Å². The van der Waals surface area contributed by atoms with Crippen molar-refractivity contribution in [3.05, 3.63) is 57.9 Å². The SMILES string of the molecule is C[C@H]1c2cccc([C@](C)(O)CF)c2CCN1C(=O)Cc1c(Cl)cnc2c1cnn2C. The van der Waals surface area contributed by atoms with Crippen LogP contribution in [-0.4, -0.2) is 43.9 Å². The van der Waals surface area contributed by atoms with E-state index in [0.29, 0.717) is 34.8 Å². The largest absolute Gasteiger partial charge is 0.383 e. The lowest BCUT2D eigenvalue weighted by atomic mass is 9.83. The number of aryl methyl sites for hydroxylation is 1. The van der Waals surface area contributed by atoms with Crippen LogP contribution in [0.5, 0.6) is 0 Å². The van der Waals surface area contributed by atoms with E-state index in [1.807, 2.05) is 24.0 Å². The lowest BCUT2D eigenvalue weighted by Gasteiger charge is -2.38. The Morgan fingerprint density at radius 3 is 2.90 bits per heavy atom. The van der Waals surface area contributed by atoms with Crippen molar-refractivity contribution < 1.29 is 14.3 Å². The summed E-state index contributed by atoms with van der Waals surface area (Å²) in [5, 5.41) is 15.9. The summed E-state index contributed by atoms with van der Waals surface area (Å²) in [6.45, 7) is 3.07. The summed E-state index contributed by atoms with van der Waals surface area (Å²) in [7, 11) is 1.79. The van der Waals surface area contributed by atoms with Crippen molar-refractivity contribution in [2.45, 2.75) is 38.3 Å². The third-order valence-electron chi connectivity index (χ3n) is 6.04. The zero-order valence-electron chi connectivity index (χ0n) is 17.2. The van der Waals surface area contributed by atoms with Crippen molar-refractivity contribution in [3.8, 4) is 0 Å². The Bertz CT molecular complexity index is 1130. The van der Waals surface area contributed by atoms with Crippen molar-refractivity contribution >= 4 is 28.5 Å². The summed E-state index contributed by atoms with van der Waals surface area (Å²) in [5.74, 6) is -0.0472. The molecule has 30 heavy (non-hydrogen) atoms. The van der Waals surface area contributed by atoms with E-state index < -0.39 is 12.3 Å². The lowest BCUT2D eigenvalue weighted by molar-refractivity contribution is -0.133. The zero-order chi connectivity index (χ0) is 21.6. The number of nitrogens with zero attached hydrogens (tertiary/aromatic N) is 4. The first kappa shape index (κ1) is 20.8. The predicted molar refractivity (Wildman–Crippen MR) is 113 cm³/mol. The lowest BCUT2D eigenvalue weighted by Crippen LogP contribution is -2.41. The fourth-order valence-corrected chi connectivity index (χ4v) is 4.56. The van der Waals surface area contributed by atoms with Crippen molar-refractivity contribution in [2.24, 2.45) is 7.05 Å². The van der Waals surface area contributed by atoms with Gasteiger partial charge in [-0.3, -0.25) is 9.48 Å². The highest BCUT2D eigenvalue weighted by atomic mass is 35.5. The molecule has 1 aliphatic rings. The summed E-state index contributed by atoms with van der Waals surface area (Å²) >= 11 is 6.37. The molecule has 1 N–H and O–H groups in total. The van der Waals surface area contributed by atoms with Gasteiger partial charge in [-0.25, -0.2) is 9.37 Å². The third kappa shape index (κ3) is 3.36. The van der Waals surface area contributed by atoms with Gasteiger partial charge >= 0.3 is 0 Å². The first-order valence-electron chi connectivity index (χ1n) is 9.89. The van der Waals surface area contributed by atoms with E-state index in [1.165, 1.54) is 6.92 Å². The standard InChI is InChI=1S/C22H24ClFN4O2/c1-13-14-5-4-6-18(22(2,30)12-24)15(14)7-8-28(13)20(29)9-16-17-10-26-27(3)21(17)25-11-19(16)23/h4-6,10-11,13,30H,7-9,12H2,1-3H3/t13-,22+/m0/s1. The average Bonchev–Trinajstić information content (AvgIpc) is 3.11. The number of hydrogen-bond acceptors (Lipinski definition) is 4. The van der Waals surface area contributed by atoms with Crippen molar-refractivity contribution in [3.63, 3.8) is 0 Å². The van der Waals surface area contributed by atoms with Crippen LogP contribution in [0.15, 0.2) is 30.6 Å². The maximum absolute atomic E-state index is 13.4. The first-order valence-corrected chi connectivity index (χ1v) is 10.3. The van der Waals surface area contributed by atoms with Crippen LogP contribution in [0.2, 0.25) is 5.02 Å². The van der Waals surface area contributed by atoms with Crippen molar-refractivity contribution in [1.82, 2.24) is 19.7 Å². The molecule has 3 heterocycles. The van der Waals surface area contributed by atoms with Gasteiger partial charge < -0.3 is 10.0 Å². The van der Waals surface area contributed by atoms with Gasteiger partial charge in [-0.05, 0) is 42.5 Å². The van der Waals surface area contributed by atoms with E-state index in [-0.39, 0.29) is 18.4 Å². The van der Waals surface area contributed by atoms with Crippen LogP contribution in [0.1, 0.15) is 42.1 Å². The molecule has 0 saturated carbocycles. The zero-order valence-corrected chi connectivity index (χ0v) is 17.9. The van der Waals surface area contributed by atoms with Crippen LogP contribution < -0.4 is 0 Å². The fraction of sp³-hybridized carbons (Fsp3) is 0.409. The Balaban J connectivity index is 1.64. The Hall–Kier alpha value is -2.51. The maximum Gasteiger partial charge on any atom is 0.227 e. The van der Waals surface area contributed by atoms with Gasteiger partial charge in [0.1, 0.15) is 12.3 Å². The number of pyridine rings is 1. The van der Waals surface area contributed by atoms with E-state index in [2.05, 4.69) is 10.1 Å². The van der Waals surface area contributed by atoms with Crippen LogP contribution >= 0.6 is 11.6 Å². The highest BCUT2D eigenvalue weighted by Gasteiger charge is 2.34. The number of rotatable bonds is 4. The smallest absolute Gasteiger partial charge is 0.227 e. The number of aromatic nitrogens is 3. The van der Waals surface area contributed by atoms with E-state index >= 15 is 0 Å². The van der Waals surface area contributed by atoms with Crippen LogP contribution in [0.4, 0.5) is 4.39 Å². The number of benzene rings is 1. The molecule has 8 heteroatoms. The number of hydrogen-bond donors (Lipinski definition) is 1. The number of carbonyl (C=O) groups is 1. The molecule has 0 radical (unpaired) electrons. The van der Waals surface area contributed by atoms with Crippen LogP contribution in [-0.2, 0) is 30.3 Å². The number of carbonyl (C=O) groups excluding carboxylic acids is 1. The second-order valence-corrected chi connectivity index (χ2v) is 8.47. The predicted octanol–water partition coefficient (Wildman–Crippen LogP) is 3.49. The molecule has 2 aromatic heterocycles. The van der Waals surface area contributed by atoms with Gasteiger partial charge in [-0.1, -0.05) is 29.8 Å². The highest BCUT2D eigenvalue weighted by molar-refractivity contribution is 6.32. The number of fused-ring (bicyclic) bond motifs is 2. The van der Waals surface area contributed by atoms with E-state index in [4.69, 9.17) is 11.6 Å². The number of halogens is 2. The fourth-order valence-electron chi connectivity index (χ4n) is 4.34. The minimum absolute atomic E-state index is 0.0472. The van der Waals surface area contributed by atoms with E-state index in [9.17, 15) is 14.3 Å². The molecule has 6 nitrogen and oxygen atoms in total. The Labute approximate surface area is 179 Å². The minimum Gasteiger partial charge on any atom is -0.383 e. The summed E-state index contributed by atoms with van der Waals surface area (Å²) in [6.07, 6.45) is 3.93. The molecular formula is C22H24ClFN4O2. The Morgan fingerprint density at radius 1 is 1.40 bits per heavy atom.